The maximum absolute atomic E-state index is 12.2. The molecule has 0 amide bonds. The van der Waals surface area contributed by atoms with E-state index < -0.39 is 10.8 Å². The highest BCUT2D eigenvalue weighted by atomic mass is 32.2. The van der Waals surface area contributed by atoms with Crippen LogP contribution in [0.15, 0.2) is 35.1 Å². The van der Waals surface area contributed by atoms with E-state index in [0.29, 0.717) is 11.9 Å². The molecule has 1 N–H and O–H groups in total. The summed E-state index contributed by atoms with van der Waals surface area (Å²) in [7, 11) is -0.665. The molecule has 0 bridgehead atoms. The topological polar surface area (TPSA) is 59.2 Å². The molecule has 1 unspecified atom stereocenters. The molecule has 0 aliphatic heterocycles. The van der Waals surface area contributed by atoms with Crippen molar-refractivity contribution >= 4 is 21.7 Å². The van der Waals surface area contributed by atoms with Gasteiger partial charge in [-0.05, 0) is 49.9 Å². The highest BCUT2D eigenvalue weighted by Gasteiger charge is 2.18. The monoisotopic (exact) mass is 347 g/mol. The van der Waals surface area contributed by atoms with Gasteiger partial charge in [0, 0.05) is 38.8 Å². The van der Waals surface area contributed by atoms with Crippen LogP contribution in [-0.2, 0) is 10.8 Å². The number of nitrogens with one attached hydrogen (secondary N) is 1. The molecule has 2 aromatic rings. The molecule has 1 atom stereocenters. The quantitative estimate of drug-likeness (QED) is 0.776. The Labute approximate surface area is 145 Å². The van der Waals surface area contributed by atoms with Crippen molar-refractivity contribution in [1.82, 2.24) is 4.98 Å². The SMILES string of the molecule is O=c1ccc2cc(OCCCCS(=O)C3CCCCC3)ccc2[nH]1. The zero-order valence-electron chi connectivity index (χ0n) is 14.0. The molecule has 1 aliphatic rings. The maximum atomic E-state index is 12.2. The van der Waals surface area contributed by atoms with Gasteiger partial charge in [0.05, 0.1) is 6.61 Å². The third-order valence-electron chi connectivity index (χ3n) is 4.63. The van der Waals surface area contributed by atoms with Gasteiger partial charge in [0.1, 0.15) is 5.75 Å². The fourth-order valence-electron chi connectivity index (χ4n) is 3.25. The Morgan fingerprint density at radius 1 is 1.08 bits per heavy atom. The Morgan fingerprint density at radius 3 is 2.75 bits per heavy atom. The van der Waals surface area contributed by atoms with Gasteiger partial charge in [-0.15, -0.1) is 0 Å². The minimum absolute atomic E-state index is 0.0952. The Hall–Kier alpha value is -1.62. The molecule has 24 heavy (non-hydrogen) atoms. The van der Waals surface area contributed by atoms with Crippen molar-refractivity contribution in [2.45, 2.75) is 50.2 Å². The first-order valence-electron chi connectivity index (χ1n) is 8.85. The number of pyridine rings is 1. The van der Waals surface area contributed by atoms with E-state index in [0.717, 1.165) is 48.1 Å². The van der Waals surface area contributed by atoms with E-state index in [4.69, 9.17) is 4.74 Å². The van der Waals surface area contributed by atoms with Gasteiger partial charge < -0.3 is 9.72 Å². The lowest BCUT2D eigenvalue weighted by Crippen LogP contribution is -2.21. The molecule has 0 saturated heterocycles. The Balaban J connectivity index is 1.41. The van der Waals surface area contributed by atoms with Crippen LogP contribution in [0.3, 0.4) is 0 Å². The number of aromatic amines is 1. The molecule has 3 rings (SSSR count). The smallest absolute Gasteiger partial charge is 0.248 e. The molecule has 1 aromatic carbocycles. The first kappa shape index (κ1) is 17.2. The van der Waals surface area contributed by atoms with Gasteiger partial charge in [-0.2, -0.15) is 0 Å². The van der Waals surface area contributed by atoms with Gasteiger partial charge in [-0.25, -0.2) is 0 Å². The van der Waals surface area contributed by atoms with Crippen molar-refractivity contribution in [3.63, 3.8) is 0 Å². The molecule has 130 valence electrons. The average molecular weight is 347 g/mol. The Bertz CT molecular complexity index is 750. The second-order valence-electron chi connectivity index (χ2n) is 6.47. The van der Waals surface area contributed by atoms with Crippen molar-refractivity contribution in [1.29, 1.82) is 0 Å². The third kappa shape index (κ3) is 4.69. The molecule has 1 saturated carbocycles. The molecule has 5 heteroatoms. The lowest BCUT2D eigenvalue weighted by molar-refractivity contribution is 0.310. The first-order valence-corrected chi connectivity index (χ1v) is 10.2. The minimum Gasteiger partial charge on any atom is -0.494 e. The van der Waals surface area contributed by atoms with E-state index in [2.05, 4.69) is 4.98 Å². The van der Waals surface area contributed by atoms with E-state index in [1.807, 2.05) is 18.2 Å². The number of unbranched alkanes of at least 4 members (excludes halogenated alkanes) is 1. The lowest BCUT2D eigenvalue weighted by Gasteiger charge is -2.20. The number of H-pyrrole nitrogens is 1. The molecule has 1 aliphatic carbocycles. The summed E-state index contributed by atoms with van der Waals surface area (Å²) in [4.78, 5) is 14.1. The van der Waals surface area contributed by atoms with Crippen LogP contribution in [0.1, 0.15) is 44.9 Å². The van der Waals surface area contributed by atoms with E-state index in [1.54, 1.807) is 6.07 Å². The molecular formula is C19H25NO3S. The zero-order valence-corrected chi connectivity index (χ0v) is 14.8. The van der Waals surface area contributed by atoms with E-state index in [1.165, 1.54) is 25.3 Å². The van der Waals surface area contributed by atoms with Crippen molar-refractivity contribution in [3.05, 3.63) is 40.7 Å². The molecule has 4 nitrogen and oxygen atoms in total. The lowest BCUT2D eigenvalue weighted by atomic mass is 10.0. The van der Waals surface area contributed by atoms with Gasteiger partial charge in [-0.1, -0.05) is 19.3 Å². The molecule has 1 fully saturated rings. The molecule has 1 aromatic heterocycles. The summed E-state index contributed by atoms with van der Waals surface area (Å²) in [6, 6.07) is 9.00. The summed E-state index contributed by atoms with van der Waals surface area (Å²) < 4.78 is 18.0. The highest BCUT2D eigenvalue weighted by Crippen LogP contribution is 2.23. The van der Waals surface area contributed by atoms with Gasteiger partial charge in [0.25, 0.3) is 0 Å². The number of aromatic nitrogens is 1. The van der Waals surface area contributed by atoms with Gasteiger partial charge in [0.15, 0.2) is 0 Å². The number of benzene rings is 1. The predicted molar refractivity (Wildman–Crippen MR) is 99.2 cm³/mol. The minimum atomic E-state index is -0.665. The third-order valence-corrected chi connectivity index (χ3v) is 6.53. The second kappa shape index (κ2) is 8.47. The van der Waals surface area contributed by atoms with Gasteiger partial charge >= 0.3 is 0 Å². The molecule has 0 radical (unpaired) electrons. The van der Waals surface area contributed by atoms with Crippen LogP contribution >= 0.6 is 0 Å². The van der Waals surface area contributed by atoms with Crippen molar-refractivity contribution in [2.24, 2.45) is 0 Å². The summed E-state index contributed by atoms with van der Waals surface area (Å²) in [5, 5.41) is 1.40. The normalized spacial score (nSPS) is 17.0. The number of hydrogen-bond donors (Lipinski definition) is 1. The second-order valence-corrected chi connectivity index (χ2v) is 8.31. The largest absolute Gasteiger partial charge is 0.494 e. The van der Waals surface area contributed by atoms with Crippen LogP contribution < -0.4 is 10.3 Å². The van der Waals surface area contributed by atoms with E-state index >= 15 is 0 Å². The fourth-order valence-corrected chi connectivity index (χ4v) is 4.93. The number of hydrogen-bond acceptors (Lipinski definition) is 3. The Morgan fingerprint density at radius 2 is 1.92 bits per heavy atom. The summed E-state index contributed by atoms with van der Waals surface area (Å²) in [5.41, 5.74) is 0.722. The van der Waals surface area contributed by atoms with Crippen LogP contribution in [0, 0.1) is 0 Å². The summed E-state index contributed by atoms with van der Waals surface area (Å²) in [5.74, 6) is 1.61. The Kier molecular flexibility index (Phi) is 6.07. The predicted octanol–water partition coefficient (Wildman–Crippen LogP) is 3.77. The number of fused-ring (bicyclic) bond motifs is 1. The maximum Gasteiger partial charge on any atom is 0.248 e. The average Bonchev–Trinajstić information content (AvgIpc) is 2.62. The summed E-state index contributed by atoms with van der Waals surface area (Å²) >= 11 is 0. The standard InChI is InChI=1S/C19H25NO3S/c21-19-11-8-15-14-16(9-10-18(15)20-19)23-12-4-5-13-24(22)17-6-2-1-3-7-17/h8-11,14,17H,1-7,12-13H2,(H,20,21). The van der Waals surface area contributed by atoms with Crippen LogP contribution in [-0.4, -0.2) is 26.8 Å². The van der Waals surface area contributed by atoms with E-state index in [9.17, 15) is 9.00 Å². The van der Waals surface area contributed by atoms with Gasteiger partial charge in [-0.3, -0.25) is 9.00 Å². The van der Waals surface area contributed by atoms with Crippen LogP contribution in [0.25, 0.3) is 10.9 Å². The molecule has 0 spiro atoms. The highest BCUT2D eigenvalue weighted by molar-refractivity contribution is 7.85. The van der Waals surface area contributed by atoms with E-state index in [-0.39, 0.29) is 5.56 Å². The van der Waals surface area contributed by atoms with Crippen LogP contribution in [0.5, 0.6) is 5.75 Å². The number of rotatable bonds is 7. The van der Waals surface area contributed by atoms with Crippen molar-refractivity contribution in [2.75, 3.05) is 12.4 Å². The summed E-state index contributed by atoms with van der Waals surface area (Å²) in [6.07, 6.45) is 7.94. The first-order chi connectivity index (χ1) is 11.7. The van der Waals surface area contributed by atoms with Crippen molar-refractivity contribution in [3.8, 4) is 5.75 Å². The fraction of sp³-hybridized carbons (Fsp3) is 0.526. The number of ether oxygens (including phenoxy) is 1. The molecule has 1 heterocycles. The zero-order chi connectivity index (χ0) is 16.8. The van der Waals surface area contributed by atoms with Crippen LogP contribution in [0.2, 0.25) is 0 Å². The van der Waals surface area contributed by atoms with Gasteiger partial charge in [0.2, 0.25) is 5.56 Å². The summed E-state index contributed by atoms with van der Waals surface area (Å²) in [6.45, 7) is 0.636. The van der Waals surface area contributed by atoms with Crippen LogP contribution in [0.4, 0.5) is 0 Å². The molecular weight excluding hydrogens is 322 g/mol. The van der Waals surface area contributed by atoms with Crippen molar-refractivity contribution < 1.29 is 8.95 Å².